The highest BCUT2D eigenvalue weighted by atomic mass is 19.1. The summed E-state index contributed by atoms with van der Waals surface area (Å²) >= 11 is 0. The van der Waals surface area contributed by atoms with Gasteiger partial charge in [-0.15, -0.1) is 0 Å². The topological polar surface area (TPSA) is 23.6 Å². The largest absolute Gasteiger partial charge is 0.337 e. The van der Waals surface area contributed by atoms with E-state index in [1.54, 1.807) is 12.1 Å². The van der Waals surface area contributed by atoms with E-state index in [1.165, 1.54) is 12.1 Å². The second-order valence-corrected chi connectivity index (χ2v) is 6.75. The molecule has 0 heterocycles. The lowest BCUT2D eigenvalue weighted by atomic mass is 10.2. The van der Waals surface area contributed by atoms with Gasteiger partial charge >= 0.3 is 0 Å². The second kappa shape index (κ2) is 7.23. The van der Waals surface area contributed by atoms with Crippen molar-refractivity contribution in [3.63, 3.8) is 0 Å². The first-order valence-electron chi connectivity index (χ1n) is 8.18. The Hall–Kier alpha value is -1.42. The Kier molecular flexibility index (Phi) is 5.57. The summed E-state index contributed by atoms with van der Waals surface area (Å²) in [6, 6.07) is 7.48. The molecule has 1 saturated carbocycles. The van der Waals surface area contributed by atoms with Gasteiger partial charge in [0, 0.05) is 24.7 Å². The van der Waals surface area contributed by atoms with Crippen molar-refractivity contribution in [1.82, 2.24) is 9.80 Å². The van der Waals surface area contributed by atoms with Crippen molar-refractivity contribution in [2.24, 2.45) is 0 Å². The molecule has 0 N–H and O–H groups in total. The van der Waals surface area contributed by atoms with Crippen LogP contribution in [0.5, 0.6) is 0 Å². The van der Waals surface area contributed by atoms with E-state index in [2.05, 4.69) is 32.6 Å². The molecule has 4 heteroatoms. The Morgan fingerprint density at radius 1 is 1.14 bits per heavy atom. The molecule has 1 fully saturated rings. The van der Waals surface area contributed by atoms with E-state index in [9.17, 15) is 9.18 Å². The molecule has 1 aliphatic carbocycles. The molecular weight excluding hydrogens is 279 g/mol. The first-order valence-corrected chi connectivity index (χ1v) is 8.18. The standard InChI is InChI=1S/C18H27FN2O/c1-13(2)21(14(3)4)18(22)12-20(17-9-10-17)11-15-5-7-16(19)8-6-15/h5-8,13-14,17H,9-12H2,1-4H3. The van der Waals surface area contributed by atoms with Crippen LogP contribution in [0.3, 0.4) is 0 Å². The number of hydrogen-bond donors (Lipinski definition) is 0. The molecule has 3 nitrogen and oxygen atoms in total. The Bertz CT molecular complexity index is 486. The number of halogens is 1. The fourth-order valence-corrected chi connectivity index (χ4v) is 3.01. The lowest BCUT2D eigenvalue weighted by Crippen LogP contribution is -2.47. The number of rotatable bonds is 7. The molecule has 0 spiro atoms. The maximum absolute atomic E-state index is 13.0. The van der Waals surface area contributed by atoms with Gasteiger partial charge < -0.3 is 4.90 Å². The minimum absolute atomic E-state index is 0.180. The zero-order valence-electron chi connectivity index (χ0n) is 14.1. The van der Waals surface area contributed by atoms with Crippen molar-refractivity contribution in [2.45, 2.75) is 65.2 Å². The van der Waals surface area contributed by atoms with Gasteiger partial charge in [0.1, 0.15) is 5.82 Å². The third-order valence-corrected chi connectivity index (χ3v) is 4.10. The summed E-state index contributed by atoms with van der Waals surface area (Å²) in [5.41, 5.74) is 1.06. The summed E-state index contributed by atoms with van der Waals surface area (Å²) in [5.74, 6) is -0.0393. The normalized spacial score (nSPS) is 14.9. The van der Waals surface area contributed by atoms with Crippen LogP contribution in [0.2, 0.25) is 0 Å². The molecule has 0 aromatic heterocycles. The fraction of sp³-hybridized carbons (Fsp3) is 0.611. The van der Waals surface area contributed by atoms with Crippen LogP contribution in [-0.2, 0) is 11.3 Å². The van der Waals surface area contributed by atoms with E-state index >= 15 is 0 Å². The van der Waals surface area contributed by atoms with E-state index in [1.807, 2.05) is 4.90 Å². The van der Waals surface area contributed by atoms with Crippen LogP contribution in [0, 0.1) is 5.82 Å². The van der Waals surface area contributed by atoms with Crippen LogP contribution in [0.15, 0.2) is 24.3 Å². The number of amides is 1. The average Bonchev–Trinajstić information content (AvgIpc) is 3.24. The van der Waals surface area contributed by atoms with Crippen LogP contribution in [0.25, 0.3) is 0 Å². The minimum Gasteiger partial charge on any atom is -0.337 e. The zero-order valence-corrected chi connectivity index (χ0v) is 14.1. The second-order valence-electron chi connectivity index (χ2n) is 6.75. The van der Waals surface area contributed by atoms with Gasteiger partial charge in [0.05, 0.1) is 6.54 Å². The summed E-state index contributed by atoms with van der Waals surface area (Å²) in [5, 5.41) is 0. The molecule has 2 rings (SSSR count). The molecule has 0 atom stereocenters. The molecular formula is C18H27FN2O. The molecule has 1 aliphatic rings. The molecule has 1 aromatic carbocycles. The molecule has 0 radical (unpaired) electrons. The van der Waals surface area contributed by atoms with E-state index in [0.29, 0.717) is 19.1 Å². The molecule has 0 aliphatic heterocycles. The predicted molar refractivity (Wildman–Crippen MR) is 87.0 cm³/mol. The minimum atomic E-state index is -0.219. The van der Waals surface area contributed by atoms with Gasteiger partial charge in [-0.05, 0) is 58.2 Å². The third-order valence-electron chi connectivity index (χ3n) is 4.10. The van der Waals surface area contributed by atoms with Gasteiger partial charge in [0.2, 0.25) is 5.91 Å². The summed E-state index contributed by atoms with van der Waals surface area (Å²) in [7, 11) is 0. The maximum atomic E-state index is 13.0. The fourth-order valence-electron chi connectivity index (χ4n) is 3.01. The lowest BCUT2D eigenvalue weighted by molar-refractivity contribution is -0.136. The number of carbonyl (C=O) groups excluding carboxylic acids is 1. The monoisotopic (exact) mass is 306 g/mol. The molecule has 0 unspecified atom stereocenters. The quantitative estimate of drug-likeness (QED) is 0.770. The zero-order chi connectivity index (χ0) is 16.3. The van der Waals surface area contributed by atoms with Crippen LogP contribution >= 0.6 is 0 Å². The SMILES string of the molecule is CC(C)N(C(=O)CN(Cc1ccc(F)cc1)C1CC1)C(C)C. The van der Waals surface area contributed by atoms with Gasteiger partial charge in [0.25, 0.3) is 0 Å². The number of benzene rings is 1. The molecule has 0 saturated heterocycles. The Labute approximate surface area is 133 Å². The van der Waals surface area contributed by atoms with Crippen LogP contribution < -0.4 is 0 Å². The van der Waals surface area contributed by atoms with Gasteiger partial charge in [-0.1, -0.05) is 12.1 Å². The average molecular weight is 306 g/mol. The molecule has 122 valence electrons. The van der Waals surface area contributed by atoms with Crippen molar-refractivity contribution in [3.8, 4) is 0 Å². The van der Waals surface area contributed by atoms with Gasteiger partial charge in [-0.2, -0.15) is 0 Å². The van der Waals surface area contributed by atoms with Crippen molar-refractivity contribution >= 4 is 5.91 Å². The predicted octanol–water partition coefficient (Wildman–Crippen LogP) is 3.44. The molecule has 0 bridgehead atoms. The third kappa shape index (κ3) is 4.54. The lowest BCUT2D eigenvalue weighted by Gasteiger charge is -2.33. The van der Waals surface area contributed by atoms with E-state index in [0.717, 1.165) is 18.4 Å². The van der Waals surface area contributed by atoms with Gasteiger partial charge in [-0.25, -0.2) is 4.39 Å². The Morgan fingerprint density at radius 2 is 1.68 bits per heavy atom. The summed E-state index contributed by atoms with van der Waals surface area (Å²) < 4.78 is 13.0. The van der Waals surface area contributed by atoms with Crippen molar-refractivity contribution in [3.05, 3.63) is 35.6 Å². The highest BCUT2D eigenvalue weighted by molar-refractivity contribution is 5.79. The Morgan fingerprint density at radius 3 is 2.14 bits per heavy atom. The summed E-state index contributed by atoms with van der Waals surface area (Å²) in [6.45, 7) is 9.37. The van der Waals surface area contributed by atoms with Crippen LogP contribution in [0.1, 0.15) is 46.1 Å². The highest BCUT2D eigenvalue weighted by Crippen LogP contribution is 2.28. The van der Waals surface area contributed by atoms with E-state index in [-0.39, 0.29) is 23.8 Å². The number of carbonyl (C=O) groups is 1. The van der Waals surface area contributed by atoms with Crippen LogP contribution in [0.4, 0.5) is 4.39 Å². The summed E-state index contributed by atoms with van der Waals surface area (Å²) in [6.07, 6.45) is 2.30. The van der Waals surface area contributed by atoms with Gasteiger partial charge in [0.15, 0.2) is 0 Å². The molecule has 1 aromatic rings. The van der Waals surface area contributed by atoms with E-state index in [4.69, 9.17) is 0 Å². The highest BCUT2D eigenvalue weighted by Gasteiger charge is 2.32. The van der Waals surface area contributed by atoms with Crippen molar-refractivity contribution in [1.29, 1.82) is 0 Å². The Balaban J connectivity index is 2.02. The van der Waals surface area contributed by atoms with E-state index < -0.39 is 0 Å². The first kappa shape index (κ1) is 16.9. The van der Waals surface area contributed by atoms with Crippen molar-refractivity contribution in [2.75, 3.05) is 6.54 Å². The first-order chi connectivity index (χ1) is 10.4. The summed E-state index contributed by atoms with van der Waals surface area (Å²) in [4.78, 5) is 16.8. The smallest absolute Gasteiger partial charge is 0.237 e. The molecule has 1 amide bonds. The van der Waals surface area contributed by atoms with Gasteiger partial charge in [-0.3, -0.25) is 9.69 Å². The maximum Gasteiger partial charge on any atom is 0.237 e. The number of nitrogens with zero attached hydrogens (tertiary/aromatic N) is 2. The molecule has 22 heavy (non-hydrogen) atoms. The number of hydrogen-bond acceptors (Lipinski definition) is 2. The van der Waals surface area contributed by atoms with Crippen molar-refractivity contribution < 1.29 is 9.18 Å². The van der Waals surface area contributed by atoms with Crippen LogP contribution in [-0.4, -0.2) is 40.4 Å².